The number of benzene rings is 2. The Bertz CT molecular complexity index is 1080. The van der Waals surface area contributed by atoms with E-state index in [4.69, 9.17) is 0 Å². The SMILES string of the molecule is Cc1ccc(S(=O)(=O)Nc2cc(C(=O)O)ccc2NCc2cccnc2)cc1. The van der Waals surface area contributed by atoms with Gasteiger partial charge >= 0.3 is 5.97 Å². The van der Waals surface area contributed by atoms with Crippen LogP contribution in [-0.2, 0) is 16.6 Å². The number of pyridine rings is 1. The van der Waals surface area contributed by atoms with E-state index in [1.807, 2.05) is 13.0 Å². The summed E-state index contributed by atoms with van der Waals surface area (Å²) in [6, 6.07) is 14.3. The van der Waals surface area contributed by atoms with Crippen LogP contribution in [0, 0.1) is 6.92 Å². The molecule has 0 aliphatic heterocycles. The van der Waals surface area contributed by atoms with Gasteiger partial charge in [-0.1, -0.05) is 23.8 Å². The molecule has 0 saturated heterocycles. The third-order valence-corrected chi connectivity index (χ3v) is 5.43. The highest BCUT2D eigenvalue weighted by Gasteiger charge is 2.17. The van der Waals surface area contributed by atoms with Gasteiger partial charge in [0.1, 0.15) is 0 Å². The van der Waals surface area contributed by atoms with E-state index in [1.165, 1.54) is 30.3 Å². The number of hydrogen-bond donors (Lipinski definition) is 3. The molecule has 0 unspecified atom stereocenters. The maximum absolute atomic E-state index is 12.7. The Kier molecular flexibility index (Phi) is 5.60. The Labute approximate surface area is 163 Å². The van der Waals surface area contributed by atoms with Gasteiger partial charge in [0.05, 0.1) is 21.8 Å². The van der Waals surface area contributed by atoms with Gasteiger partial charge in [-0.05, 0) is 48.9 Å². The van der Waals surface area contributed by atoms with Crippen LogP contribution < -0.4 is 10.0 Å². The Hall–Kier alpha value is -3.39. The molecule has 1 heterocycles. The highest BCUT2D eigenvalue weighted by atomic mass is 32.2. The van der Waals surface area contributed by atoms with Gasteiger partial charge in [0.15, 0.2) is 0 Å². The normalized spacial score (nSPS) is 11.0. The van der Waals surface area contributed by atoms with E-state index < -0.39 is 16.0 Å². The lowest BCUT2D eigenvalue weighted by Crippen LogP contribution is -2.15. The van der Waals surface area contributed by atoms with Crippen LogP contribution in [0.5, 0.6) is 0 Å². The first kappa shape index (κ1) is 19.4. The topological polar surface area (TPSA) is 108 Å². The predicted molar refractivity (Wildman–Crippen MR) is 107 cm³/mol. The van der Waals surface area contributed by atoms with E-state index >= 15 is 0 Å². The summed E-state index contributed by atoms with van der Waals surface area (Å²) < 4.78 is 27.9. The number of rotatable bonds is 7. The second kappa shape index (κ2) is 8.10. The highest BCUT2D eigenvalue weighted by Crippen LogP contribution is 2.27. The first-order valence-electron chi connectivity index (χ1n) is 8.45. The first-order chi connectivity index (χ1) is 13.3. The van der Waals surface area contributed by atoms with Gasteiger partial charge < -0.3 is 10.4 Å². The lowest BCUT2D eigenvalue weighted by Gasteiger charge is -2.15. The zero-order valence-electron chi connectivity index (χ0n) is 15.1. The van der Waals surface area contributed by atoms with E-state index in [0.717, 1.165) is 11.1 Å². The Morgan fingerprint density at radius 2 is 1.82 bits per heavy atom. The van der Waals surface area contributed by atoms with Gasteiger partial charge in [-0.15, -0.1) is 0 Å². The molecule has 0 amide bonds. The molecule has 28 heavy (non-hydrogen) atoms. The lowest BCUT2D eigenvalue weighted by atomic mass is 10.1. The van der Waals surface area contributed by atoms with Gasteiger partial charge in [-0.2, -0.15) is 0 Å². The van der Waals surface area contributed by atoms with Crippen LogP contribution in [0.2, 0.25) is 0 Å². The zero-order valence-corrected chi connectivity index (χ0v) is 15.9. The van der Waals surface area contributed by atoms with Crippen LogP contribution in [0.25, 0.3) is 0 Å². The quantitative estimate of drug-likeness (QED) is 0.563. The molecule has 0 atom stereocenters. The molecule has 144 valence electrons. The van der Waals surface area contributed by atoms with Crippen molar-refractivity contribution in [2.24, 2.45) is 0 Å². The average Bonchev–Trinajstić information content (AvgIpc) is 2.67. The smallest absolute Gasteiger partial charge is 0.335 e. The highest BCUT2D eigenvalue weighted by molar-refractivity contribution is 7.92. The number of carbonyl (C=O) groups is 1. The van der Waals surface area contributed by atoms with Gasteiger partial charge in [0, 0.05) is 18.9 Å². The van der Waals surface area contributed by atoms with Gasteiger partial charge in [-0.3, -0.25) is 9.71 Å². The van der Waals surface area contributed by atoms with E-state index in [9.17, 15) is 18.3 Å². The molecule has 0 aliphatic rings. The fraction of sp³-hybridized carbons (Fsp3) is 0.100. The lowest BCUT2D eigenvalue weighted by molar-refractivity contribution is 0.0697. The largest absolute Gasteiger partial charge is 0.478 e. The van der Waals surface area contributed by atoms with Crippen molar-refractivity contribution in [1.82, 2.24) is 4.98 Å². The zero-order chi connectivity index (χ0) is 20.1. The second-order valence-electron chi connectivity index (χ2n) is 6.20. The van der Waals surface area contributed by atoms with Crippen molar-refractivity contribution < 1.29 is 18.3 Å². The van der Waals surface area contributed by atoms with Crippen LogP contribution in [0.3, 0.4) is 0 Å². The summed E-state index contributed by atoms with van der Waals surface area (Å²) in [5.41, 5.74) is 2.44. The summed E-state index contributed by atoms with van der Waals surface area (Å²) in [6.45, 7) is 2.26. The number of nitrogens with zero attached hydrogens (tertiary/aromatic N) is 1. The van der Waals surface area contributed by atoms with Gasteiger partial charge in [-0.25, -0.2) is 13.2 Å². The summed E-state index contributed by atoms with van der Waals surface area (Å²) in [5, 5.41) is 12.4. The molecular formula is C20H19N3O4S. The summed E-state index contributed by atoms with van der Waals surface area (Å²) >= 11 is 0. The molecule has 0 aliphatic carbocycles. The Morgan fingerprint density at radius 3 is 2.46 bits per heavy atom. The van der Waals surface area contributed by atoms with Crippen molar-refractivity contribution in [2.75, 3.05) is 10.0 Å². The number of aromatic carboxylic acids is 1. The maximum Gasteiger partial charge on any atom is 0.335 e. The van der Waals surface area contributed by atoms with Crippen molar-refractivity contribution in [1.29, 1.82) is 0 Å². The molecule has 2 aromatic carbocycles. The van der Waals surface area contributed by atoms with Crippen LogP contribution in [0.1, 0.15) is 21.5 Å². The van der Waals surface area contributed by atoms with Crippen molar-refractivity contribution in [3.05, 3.63) is 83.7 Å². The monoisotopic (exact) mass is 397 g/mol. The molecule has 7 nitrogen and oxygen atoms in total. The fourth-order valence-electron chi connectivity index (χ4n) is 2.54. The van der Waals surface area contributed by atoms with Gasteiger partial charge in [0.2, 0.25) is 0 Å². The summed E-state index contributed by atoms with van der Waals surface area (Å²) in [4.78, 5) is 15.4. The van der Waals surface area contributed by atoms with Crippen LogP contribution in [0.15, 0.2) is 71.9 Å². The van der Waals surface area contributed by atoms with Gasteiger partial charge in [0.25, 0.3) is 10.0 Å². The molecule has 1 aromatic heterocycles. The van der Waals surface area contributed by atoms with E-state index in [2.05, 4.69) is 15.0 Å². The summed E-state index contributed by atoms with van der Waals surface area (Å²) in [5.74, 6) is -1.14. The van der Waals surface area contributed by atoms with Crippen molar-refractivity contribution >= 4 is 27.4 Å². The third kappa shape index (κ3) is 4.66. The Balaban J connectivity index is 1.91. The molecular weight excluding hydrogens is 378 g/mol. The van der Waals surface area contributed by atoms with Crippen molar-refractivity contribution in [3.63, 3.8) is 0 Å². The molecule has 0 bridgehead atoms. The molecule has 0 radical (unpaired) electrons. The van der Waals surface area contributed by atoms with Crippen molar-refractivity contribution in [2.45, 2.75) is 18.4 Å². The van der Waals surface area contributed by atoms with Crippen molar-refractivity contribution in [3.8, 4) is 0 Å². The maximum atomic E-state index is 12.7. The molecule has 8 heteroatoms. The summed E-state index contributed by atoms with van der Waals surface area (Å²) in [7, 11) is -3.87. The number of anilines is 2. The number of hydrogen-bond acceptors (Lipinski definition) is 5. The average molecular weight is 397 g/mol. The Morgan fingerprint density at radius 1 is 1.07 bits per heavy atom. The standard InChI is InChI=1S/C20H19N3O4S/c1-14-4-7-17(8-5-14)28(26,27)23-19-11-16(20(24)25)6-9-18(19)22-13-15-3-2-10-21-12-15/h2-12,22-23H,13H2,1H3,(H,24,25). The van der Waals surface area contributed by atoms with Crippen LogP contribution in [-0.4, -0.2) is 24.5 Å². The number of carboxylic acids is 1. The van der Waals surface area contributed by atoms with E-state index in [1.54, 1.807) is 30.6 Å². The summed E-state index contributed by atoms with van der Waals surface area (Å²) in [6.07, 6.45) is 3.35. The number of aromatic nitrogens is 1. The number of carboxylic acid groups (broad SMARTS) is 1. The minimum atomic E-state index is -3.87. The third-order valence-electron chi connectivity index (χ3n) is 4.05. The first-order valence-corrected chi connectivity index (χ1v) is 9.93. The number of aryl methyl sites for hydroxylation is 1. The molecule has 3 rings (SSSR count). The van der Waals surface area contributed by atoms with Crippen LogP contribution in [0.4, 0.5) is 11.4 Å². The van der Waals surface area contributed by atoms with E-state index in [0.29, 0.717) is 12.2 Å². The number of nitrogens with one attached hydrogen (secondary N) is 2. The molecule has 0 spiro atoms. The molecule has 3 aromatic rings. The predicted octanol–water partition coefficient (Wildman–Crippen LogP) is 3.50. The molecule has 0 saturated carbocycles. The van der Waals surface area contributed by atoms with Crippen LogP contribution >= 0.6 is 0 Å². The minimum Gasteiger partial charge on any atom is -0.478 e. The molecule has 0 fully saturated rings. The second-order valence-corrected chi connectivity index (χ2v) is 7.88. The fourth-order valence-corrected chi connectivity index (χ4v) is 3.61. The molecule has 3 N–H and O–H groups in total. The number of sulfonamides is 1. The van der Waals surface area contributed by atoms with E-state index in [-0.39, 0.29) is 16.1 Å². The minimum absolute atomic E-state index is 0.0199.